The zero-order valence-corrected chi connectivity index (χ0v) is 13.7. The molecule has 0 radical (unpaired) electrons. The lowest BCUT2D eigenvalue weighted by molar-refractivity contribution is 0.451. The topological polar surface area (TPSA) is 63.4 Å². The molecule has 18 heavy (non-hydrogen) atoms. The van der Waals surface area contributed by atoms with Crippen LogP contribution in [0.1, 0.15) is 6.92 Å². The van der Waals surface area contributed by atoms with Crippen molar-refractivity contribution in [1.82, 2.24) is 4.31 Å². The maximum atomic E-state index is 12.3. The predicted octanol–water partition coefficient (Wildman–Crippen LogP) is 2.40. The molecular formula is C10H12BrClN2O2S2. The molecule has 0 heterocycles. The summed E-state index contributed by atoms with van der Waals surface area (Å²) in [5.74, 6) is 0. The lowest BCUT2D eigenvalue weighted by Crippen LogP contribution is -2.42. The molecule has 4 nitrogen and oxygen atoms in total. The first-order chi connectivity index (χ1) is 8.17. The van der Waals surface area contributed by atoms with Gasteiger partial charge in [-0.05, 0) is 41.1 Å². The Morgan fingerprint density at radius 1 is 1.56 bits per heavy atom. The summed E-state index contributed by atoms with van der Waals surface area (Å²) in [6.07, 6.45) is 0. The largest absolute Gasteiger partial charge is 0.392 e. The second-order valence-electron chi connectivity index (χ2n) is 3.68. The summed E-state index contributed by atoms with van der Waals surface area (Å²) >= 11 is 13.8. The average molecular weight is 372 g/mol. The Hall–Kier alpha value is -0.210. The average Bonchev–Trinajstić information content (AvgIpc) is 2.30. The molecule has 1 atom stereocenters. The van der Waals surface area contributed by atoms with Crippen LogP contribution in [0.3, 0.4) is 0 Å². The Balaban J connectivity index is 3.21. The normalized spacial score (nSPS) is 13.6. The number of rotatable bonds is 4. The van der Waals surface area contributed by atoms with Crippen LogP contribution in [-0.4, -0.2) is 30.8 Å². The lowest BCUT2D eigenvalue weighted by Gasteiger charge is -2.23. The third kappa shape index (κ3) is 3.21. The lowest BCUT2D eigenvalue weighted by atomic mass is 10.3. The van der Waals surface area contributed by atoms with Crippen molar-refractivity contribution in [3.8, 4) is 0 Å². The Morgan fingerprint density at radius 3 is 2.56 bits per heavy atom. The SMILES string of the molecule is CC(C(N)=S)N(C)S(=O)(=O)c1ccc(Cl)c(Br)c1. The molecule has 0 amide bonds. The quantitative estimate of drug-likeness (QED) is 0.826. The fourth-order valence-corrected chi connectivity index (χ4v) is 3.43. The first-order valence-electron chi connectivity index (χ1n) is 4.90. The van der Waals surface area contributed by atoms with Gasteiger partial charge < -0.3 is 5.73 Å². The maximum absolute atomic E-state index is 12.3. The van der Waals surface area contributed by atoms with Crippen molar-refractivity contribution in [3.05, 3.63) is 27.7 Å². The number of halogens is 2. The first-order valence-corrected chi connectivity index (χ1v) is 7.92. The van der Waals surface area contributed by atoms with Gasteiger partial charge in [-0.3, -0.25) is 0 Å². The molecular weight excluding hydrogens is 360 g/mol. The number of hydrogen-bond donors (Lipinski definition) is 1. The summed E-state index contributed by atoms with van der Waals surface area (Å²) in [6.45, 7) is 1.63. The van der Waals surface area contributed by atoms with Gasteiger partial charge in [-0.1, -0.05) is 23.8 Å². The van der Waals surface area contributed by atoms with Gasteiger partial charge in [0.1, 0.15) is 0 Å². The first kappa shape index (κ1) is 15.8. The van der Waals surface area contributed by atoms with E-state index >= 15 is 0 Å². The van der Waals surface area contributed by atoms with Gasteiger partial charge in [0.05, 0.1) is 20.9 Å². The molecule has 0 bridgehead atoms. The van der Waals surface area contributed by atoms with Gasteiger partial charge in [0.15, 0.2) is 0 Å². The molecule has 0 saturated carbocycles. The van der Waals surface area contributed by atoms with E-state index in [0.29, 0.717) is 9.50 Å². The smallest absolute Gasteiger partial charge is 0.243 e. The van der Waals surface area contributed by atoms with Crippen LogP contribution in [0.15, 0.2) is 27.6 Å². The number of hydrogen-bond acceptors (Lipinski definition) is 3. The van der Waals surface area contributed by atoms with Crippen LogP contribution < -0.4 is 5.73 Å². The van der Waals surface area contributed by atoms with Gasteiger partial charge in [0.2, 0.25) is 10.0 Å². The van der Waals surface area contributed by atoms with E-state index in [1.807, 2.05) is 0 Å². The molecule has 0 aliphatic rings. The van der Waals surface area contributed by atoms with Crippen LogP contribution in [0.2, 0.25) is 5.02 Å². The van der Waals surface area contributed by atoms with Gasteiger partial charge in [-0.2, -0.15) is 4.31 Å². The van der Waals surface area contributed by atoms with Crippen LogP contribution in [0, 0.1) is 0 Å². The highest BCUT2D eigenvalue weighted by Gasteiger charge is 2.27. The highest BCUT2D eigenvalue weighted by molar-refractivity contribution is 9.10. The van der Waals surface area contributed by atoms with E-state index < -0.39 is 16.1 Å². The van der Waals surface area contributed by atoms with E-state index in [2.05, 4.69) is 15.9 Å². The number of nitrogens with zero attached hydrogens (tertiary/aromatic N) is 1. The summed E-state index contributed by atoms with van der Waals surface area (Å²) in [6, 6.07) is 3.84. The van der Waals surface area contributed by atoms with Crippen molar-refractivity contribution in [2.75, 3.05) is 7.05 Å². The van der Waals surface area contributed by atoms with Gasteiger partial charge in [-0.25, -0.2) is 8.42 Å². The minimum atomic E-state index is -3.65. The third-order valence-electron chi connectivity index (χ3n) is 2.53. The van der Waals surface area contributed by atoms with E-state index in [0.717, 1.165) is 4.31 Å². The molecule has 0 fully saturated rings. The van der Waals surface area contributed by atoms with Crippen molar-refractivity contribution >= 4 is 54.8 Å². The number of likely N-dealkylation sites (N-methyl/N-ethyl adjacent to an activating group) is 1. The summed E-state index contributed by atoms with van der Waals surface area (Å²) in [5.41, 5.74) is 5.46. The summed E-state index contributed by atoms with van der Waals surface area (Å²) in [7, 11) is -2.21. The van der Waals surface area contributed by atoms with Gasteiger partial charge in [0.25, 0.3) is 0 Å². The highest BCUT2D eigenvalue weighted by atomic mass is 79.9. The fraction of sp³-hybridized carbons (Fsp3) is 0.300. The molecule has 1 aromatic rings. The van der Waals surface area contributed by atoms with E-state index in [1.54, 1.807) is 6.92 Å². The molecule has 8 heteroatoms. The van der Waals surface area contributed by atoms with Gasteiger partial charge in [-0.15, -0.1) is 0 Å². The monoisotopic (exact) mass is 370 g/mol. The summed E-state index contributed by atoms with van der Waals surface area (Å²) in [5, 5.41) is 0.444. The predicted molar refractivity (Wildman–Crippen MR) is 80.3 cm³/mol. The molecule has 2 N–H and O–H groups in total. The standard InChI is InChI=1S/C10H12BrClN2O2S2/c1-6(10(13)17)14(2)18(15,16)7-3-4-9(12)8(11)5-7/h3-6H,1-2H3,(H2,13,17). The number of benzene rings is 1. The van der Waals surface area contributed by atoms with Crippen molar-refractivity contribution in [3.63, 3.8) is 0 Å². The molecule has 0 spiro atoms. The Kier molecular flexibility index (Phi) is 5.13. The molecule has 0 aromatic heterocycles. The van der Waals surface area contributed by atoms with Crippen LogP contribution in [0.4, 0.5) is 0 Å². The minimum Gasteiger partial charge on any atom is -0.392 e. The Morgan fingerprint density at radius 2 is 2.11 bits per heavy atom. The van der Waals surface area contributed by atoms with Crippen molar-refractivity contribution in [2.45, 2.75) is 17.9 Å². The number of thiocarbonyl (C=S) groups is 1. The van der Waals surface area contributed by atoms with E-state index in [1.165, 1.54) is 25.2 Å². The number of nitrogens with two attached hydrogens (primary N) is 1. The van der Waals surface area contributed by atoms with Crippen LogP contribution in [0.25, 0.3) is 0 Å². The summed E-state index contributed by atoms with van der Waals surface area (Å²) in [4.78, 5) is 0.249. The minimum absolute atomic E-state index is 0.120. The molecule has 0 aliphatic carbocycles. The molecule has 1 unspecified atom stereocenters. The van der Waals surface area contributed by atoms with Crippen LogP contribution >= 0.6 is 39.7 Å². The van der Waals surface area contributed by atoms with Gasteiger partial charge >= 0.3 is 0 Å². The van der Waals surface area contributed by atoms with E-state index in [-0.39, 0.29) is 9.88 Å². The zero-order chi connectivity index (χ0) is 14.1. The summed E-state index contributed by atoms with van der Waals surface area (Å²) < 4.78 is 26.2. The second kappa shape index (κ2) is 5.83. The molecule has 1 aromatic carbocycles. The van der Waals surface area contributed by atoms with Crippen molar-refractivity contribution < 1.29 is 8.42 Å². The zero-order valence-electron chi connectivity index (χ0n) is 9.72. The molecule has 0 saturated heterocycles. The molecule has 0 aliphatic heterocycles. The van der Waals surface area contributed by atoms with Crippen LogP contribution in [0.5, 0.6) is 0 Å². The van der Waals surface area contributed by atoms with Gasteiger partial charge in [0, 0.05) is 11.5 Å². The fourth-order valence-electron chi connectivity index (χ4n) is 1.19. The maximum Gasteiger partial charge on any atom is 0.243 e. The second-order valence-corrected chi connectivity index (χ2v) is 7.41. The Bertz CT molecular complexity index is 577. The highest BCUT2D eigenvalue weighted by Crippen LogP contribution is 2.27. The number of sulfonamides is 1. The Labute approximate surface area is 125 Å². The molecule has 100 valence electrons. The third-order valence-corrected chi connectivity index (χ3v) is 6.00. The van der Waals surface area contributed by atoms with E-state index in [4.69, 9.17) is 29.6 Å². The molecule has 1 rings (SSSR count). The van der Waals surface area contributed by atoms with Crippen molar-refractivity contribution in [1.29, 1.82) is 0 Å². The van der Waals surface area contributed by atoms with Crippen molar-refractivity contribution in [2.24, 2.45) is 5.73 Å². The van der Waals surface area contributed by atoms with E-state index in [9.17, 15) is 8.42 Å². The van der Waals surface area contributed by atoms with Crippen LogP contribution in [-0.2, 0) is 10.0 Å².